The van der Waals surface area contributed by atoms with Crippen LogP contribution in [0.15, 0.2) is 24.4 Å². The molecule has 0 fully saturated rings. The van der Waals surface area contributed by atoms with Gasteiger partial charge in [-0.3, -0.25) is 4.79 Å². The number of carbonyl (C=O) groups is 1. The molecule has 0 spiro atoms. The van der Waals surface area contributed by atoms with Crippen molar-refractivity contribution in [1.82, 2.24) is 15.0 Å². The first-order chi connectivity index (χ1) is 9.15. The number of hydrogen-bond acceptors (Lipinski definition) is 5. The van der Waals surface area contributed by atoms with Crippen molar-refractivity contribution >= 4 is 5.78 Å². The van der Waals surface area contributed by atoms with Gasteiger partial charge < -0.3 is 10.5 Å². The first-order valence-corrected chi connectivity index (χ1v) is 5.60. The Morgan fingerprint density at radius 1 is 1.53 bits per heavy atom. The molecule has 0 aliphatic heterocycles. The Kier molecular flexibility index (Phi) is 3.86. The molecule has 100 valence electrons. The number of ketones is 1. The predicted octanol–water partition coefficient (Wildman–Crippen LogP) is 0.767. The molecular weight excluding hydrogens is 251 g/mol. The number of hydrogen-bond donors (Lipinski definition) is 1. The maximum atomic E-state index is 13.9. The normalized spacial score (nSPS) is 10.5. The van der Waals surface area contributed by atoms with Gasteiger partial charge in [-0.05, 0) is 12.1 Å². The molecule has 0 bridgehead atoms. The highest BCUT2D eigenvalue weighted by atomic mass is 19.1. The van der Waals surface area contributed by atoms with E-state index in [2.05, 4.69) is 10.3 Å². The van der Waals surface area contributed by atoms with Gasteiger partial charge in [0, 0.05) is 6.54 Å². The molecule has 19 heavy (non-hydrogen) atoms. The lowest BCUT2D eigenvalue weighted by atomic mass is 10.1. The number of ether oxygens (including phenoxy) is 1. The summed E-state index contributed by atoms with van der Waals surface area (Å²) < 4.78 is 20.0. The highest BCUT2D eigenvalue weighted by Crippen LogP contribution is 2.20. The van der Waals surface area contributed by atoms with E-state index in [9.17, 15) is 9.18 Å². The quantitative estimate of drug-likeness (QED) is 0.806. The van der Waals surface area contributed by atoms with Gasteiger partial charge in [-0.2, -0.15) is 0 Å². The summed E-state index contributed by atoms with van der Waals surface area (Å²) in [7, 11) is 1.34. The molecule has 0 aliphatic carbocycles. The molecular formula is C12H13FN4O2. The molecule has 6 nitrogen and oxygen atoms in total. The number of rotatable bonds is 5. The molecule has 7 heteroatoms. The zero-order valence-electron chi connectivity index (χ0n) is 10.3. The Morgan fingerprint density at radius 3 is 2.95 bits per heavy atom. The number of aromatic nitrogens is 3. The number of Topliss-reactive ketones (excluding diaryl/α,β-unsaturated/α-hetero) is 1. The predicted molar refractivity (Wildman–Crippen MR) is 65.2 cm³/mol. The van der Waals surface area contributed by atoms with E-state index in [0.717, 1.165) is 0 Å². The van der Waals surface area contributed by atoms with Gasteiger partial charge >= 0.3 is 0 Å². The SMILES string of the molecule is COc1cccc(C(=O)Cn2cc(CN)nn2)c1F. The Hall–Kier alpha value is -2.28. The lowest BCUT2D eigenvalue weighted by Gasteiger charge is -2.06. The molecule has 2 aromatic rings. The molecule has 0 atom stereocenters. The highest BCUT2D eigenvalue weighted by molar-refractivity contribution is 5.96. The Bertz CT molecular complexity index is 597. The van der Waals surface area contributed by atoms with E-state index < -0.39 is 11.6 Å². The number of nitrogens with zero attached hydrogens (tertiary/aromatic N) is 3. The molecule has 0 radical (unpaired) electrons. The molecule has 0 unspecified atom stereocenters. The van der Waals surface area contributed by atoms with Crippen LogP contribution in [0.25, 0.3) is 0 Å². The van der Waals surface area contributed by atoms with Gasteiger partial charge in [-0.25, -0.2) is 9.07 Å². The fourth-order valence-corrected chi connectivity index (χ4v) is 1.63. The van der Waals surface area contributed by atoms with Crippen molar-refractivity contribution in [3.63, 3.8) is 0 Å². The Morgan fingerprint density at radius 2 is 2.32 bits per heavy atom. The molecule has 1 heterocycles. The second-order valence-corrected chi connectivity index (χ2v) is 3.86. The van der Waals surface area contributed by atoms with Crippen molar-refractivity contribution in [3.8, 4) is 5.75 Å². The number of nitrogens with two attached hydrogens (primary N) is 1. The second kappa shape index (κ2) is 5.57. The van der Waals surface area contributed by atoms with Crippen LogP contribution in [0, 0.1) is 5.82 Å². The molecule has 0 saturated heterocycles. The van der Waals surface area contributed by atoms with Gasteiger partial charge in [-0.15, -0.1) is 5.10 Å². The van der Waals surface area contributed by atoms with Gasteiger partial charge in [0.25, 0.3) is 0 Å². The fraction of sp³-hybridized carbons (Fsp3) is 0.250. The number of benzene rings is 1. The fourth-order valence-electron chi connectivity index (χ4n) is 1.63. The van der Waals surface area contributed by atoms with Crippen LogP contribution in [0.2, 0.25) is 0 Å². The summed E-state index contributed by atoms with van der Waals surface area (Å²) in [6, 6.07) is 4.41. The van der Waals surface area contributed by atoms with Crippen LogP contribution in [-0.4, -0.2) is 27.9 Å². The van der Waals surface area contributed by atoms with Crippen molar-refractivity contribution in [1.29, 1.82) is 0 Å². The van der Waals surface area contributed by atoms with Crippen LogP contribution < -0.4 is 10.5 Å². The molecule has 0 amide bonds. The minimum absolute atomic E-state index is 0.0343. The van der Waals surface area contributed by atoms with E-state index >= 15 is 0 Å². The maximum Gasteiger partial charge on any atom is 0.187 e. The summed E-state index contributed by atoms with van der Waals surface area (Å²) in [5.74, 6) is -1.05. The van der Waals surface area contributed by atoms with Crippen LogP contribution in [-0.2, 0) is 13.1 Å². The third-order valence-electron chi connectivity index (χ3n) is 2.58. The van der Waals surface area contributed by atoms with Crippen molar-refractivity contribution in [2.75, 3.05) is 7.11 Å². The first-order valence-electron chi connectivity index (χ1n) is 5.60. The van der Waals surface area contributed by atoms with Gasteiger partial charge in [0.05, 0.1) is 24.6 Å². The van der Waals surface area contributed by atoms with E-state index in [1.165, 1.54) is 23.9 Å². The molecule has 1 aromatic heterocycles. The van der Waals surface area contributed by atoms with Crippen LogP contribution in [0.5, 0.6) is 5.75 Å². The summed E-state index contributed by atoms with van der Waals surface area (Å²) in [5.41, 5.74) is 5.92. The smallest absolute Gasteiger partial charge is 0.187 e. The Labute approximate surface area is 109 Å². The number of carbonyl (C=O) groups excluding carboxylic acids is 1. The largest absolute Gasteiger partial charge is 0.494 e. The number of methoxy groups -OCH3 is 1. The Balaban J connectivity index is 2.20. The van der Waals surface area contributed by atoms with Crippen LogP contribution >= 0.6 is 0 Å². The molecule has 2 rings (SSSR count). The maximum absolute atomic E-state index is 13.9. The average molecular weight is 264 g/mol. The van der Waals surface area contributed by atoms with Crippen LogP contribution in [0.3, 0.4) is 0 Å². The molecule has 2 N–H and O–H groups in total. The zero-order valence-corrected chi connectivity index (χ0v) is 10.3. The molecule has 1 aromatic carbocycles. The van der Waals surface area contributed by atoms with Crippen LogP contribution in [0.1, 0.15) is 16.1 Å². The monoisotopic (exact) mass is 264 g/mol. The zero-order chi connectivity index (χ0) is 13.8. The van der Waals surface area contributed by atoms with Crippen molar-refractivity contribution in [3.05, 3.63) is 41.5 Å². The van der Waals surface area contributed by atoms with Crippen molar-refractivity contribution < 1.29 is 13.9 Å². The number of halogens is 1. The molecule has 0 aliphatic rings. The summed E-state index contributed by atoms with van der Waals surface area (Å²) in [4.78, 5) is 12.0. The minimum atomic E-state index is -0.672. The second-order valence-electron chi connectivity index (χ2n) is 3.86. The first kappa shape index (κ1) is 13.2. The summed E-state index contributed by atoms with van der Waals surface area (Å²) in [6.07, 6.45) is 1.55. The highest BCUT2D eigenvalue weighted by Gasteiger charge is 2.16. The summed E-state index contributed by atoms with van der Waals surface area (Å²) in [5, 5.41) is 7.49. The van der Waals surface area contributed by atoms with Gasteiger partial charge in [0.2, 0.25) is 0 Å². The van der Waals surface area contributed by atoms with Gasteiger partial charge in [0.1, 0.15) is 6.54 Å². The van der Waals surface area contributed by atoms with Gasteiger partial charge in [0.15, 0.2) is 17.3 Å². The third-order valence-corrected chi connectivity index (χ3v) is 2.58. The van der Waals surface area contributed by atoms with E-state index in [1.54, 1.807) is 12.3 Å². The van der Waals surface area contributed by atoms with E-state index in [-0.39, 0.29) is 24.4 Å². The lowest BCUT2D eigenvalue weighted by Crippen LogP contribution is -2.13. The minimum Gasteiger partial charge on any atom is -0.494 e. The van der Waals surface area contributed by atoms with Crippen LogP contribution in [0.4, 0.5) is 4.39 Å². The van der Waals surface area contributed by atoms with E-state index in [1.807, 2.05) is 0 Å². The topological polar surface area (TPSA) is 83.0 Å². The lowest BCUT2D eigenvalue weighted by molar-refractivity contribution is 0.0962. The molecule has 0 saturated carbocycles. The third kappa shape index (κ3) is 2.76. The van der Waals surface area contributed by atoms with E-state index in [4.69, 9.17) is 10.5 Å². The average Bonchev–Trinajstić information content (AvgIpc) is 2.86. The summed E-state index contributed by atoms with van der Waals surface area (Å²) in [6.45, 7) is 0.138. The van der Waals surface area contributed by atoms with Crippen molar-refractivity contribution in [2.24, 2.45) is 5.73 Å². The van der Waals surface area contributed by atoms with Gasteiger partial charge in [-0.1, -0.05) is 11.3 Å². The van der Waals surface area contributed by atoms with E-state index in [0.29, 0.717) is 5.69 Å². The van der Waals surface area contributed by atoms with Crippen molar-refractivity contribution in [2.45, 2.75) is 13.1 Å². The summed E-state index contributed by atoms with van der Waals surface area (Å²) >= 11 is 0. The standard InChI is InChI=1S/C12H13FN4O2/c1-19-11-4-2-3-9(12(11)13)10(18)7-17-6-8(5-14)15-16-17/h2-4,6H,5,7,14H2,1H3.